The van der Waals surface area contributed by atoms with Crippen molar-refractivity contribution in [1.82, 2.24) is 9.88 Å². The highest BCUT2D eigenvalue weighted by molar-refractivity contribution is 7.90. The second kappa shape index (κ2) is 18.0. The average molecular weight is 807 g/mol. The number of halogens is 3. The van der Waals surface area contributed by atoms with E-state index in [1.807, 2.05) is 4.90 Å². The number of nitrogens with zero attached hydrogens (tertiary/aromatic N) is 3. The van der Waals surface area contributed by atoms with Gasteiger partial charge in [-0.25, -0.2) is 17.5 Å². The zero-order valence-electron chi connectivity index (χ0n) is 31.9. The molecule has 1 N–H and O–H groups in total. The number of unbranched alkanes of at least 4 members (excludes halogenated alkanes) is 7. The summed E-state index contributed by atoms with van der Waals surface area (Å²) in [5.41, 5.74) is 2.53. The molecule has 3 fully saturated rings. The number of sulfonamides is 1. The number of anilines is 1. The molecule has 1 aromatic heterocycles. The minimum absolute atomic E-state index is 0.0153. The lowest BCUT2D eigenvalue weighted by Gasteiger charge is -2.33. The third-order valence-corrected chi connectivity index (χ3v) is 14.0. The zero-order valence-corrected chi connectivity index (χ0v) is 34.3. The van der Waals surface area contributed by atoms with Crippen molar-refractivity contribution in [1.29, 1.82) is 0 Å². The number of hydrogen-bond donors (Lipinski definition) is 1. The lowest BCUT2D eigenvalue weighted by molar-refractivity contribution is -0.906. The van der Waals surface area contributed by atoms with Gasteiger partial charge in [-0.05, 0) is 89.1 Å². The minimum Gasteiger partial charge on any atom is -0.373 e. The van der Waals surface area contributed by atoms with Crippen LogP contribution < -0.4 is 9.62 Å². The molecule has 2 bridgehead atoms. The smallest absolute Gasteiger partial charge is 0.264 e. The number of benzene rings is 2. The third-order valence-electron chi connectivity index (χ3n) is 12.0. The van der Waals surface area contributed by atoms with Crippen LogP contribution in [0, 0.1) is 11.7 Å². The number of aromatic nitrogens is 1. The second-order valence-electron chi connectivity index (χ2n) is 15.9. The van der Waals surface area contributed by atoms with Gasteiger partial charge in [0.05, 0.1) is 60.9 Å². The first-order valence-electron chi connectivity index (χ1n) is 19.9. The Balaban J connectivity index is 0.936. The van der Waals surface area contributed by atoms with Gasteiger partial charge in [0.2, 0.25) is 10.0 Å². The summed E-state index contributed by atoms with van der Waals surface area (Å²) in [7, 11) is -1.51. The van der Waals surface area contributed by atoms with Gasteiger partial charge in [0, 0.05) is 41.1 Å². The highest BCUT2D eigenvalue weighted by Crippen LogP contribution is 2.47. The van der Waals surface area contributed by atoms with E-state index in [0.717, 1.165) is 73.2 Å². The van der Waals surface area contributed by atoms with Crippen LogP contribution >= 0.6 is 23.2 Å². The van der Waals surface area contributed by atoms with Gasteiger partial charge in [0.25, 0.3) is 5.91 Å². The number of rotatable bonds is 21. The fourth-order valence-corrected chi connectivity index (χ4v) is 9.83. The van der Waals surface area contributed by atoms with Crippen LogP contribution in [0.1, 0.15) is 118 Å². The Morgan fingerprint density at radius 2 is 1.67 bits per heavy atom. The van der Waals surface area contributed by atoms with Crippen LogP contribution in [0.3, 0.4) is 0 Å². The summed E-state index contributed by atoms with van der Waals surface area (Å²) in [5, 5.41) is 5.37. The molecule has 0 radical (unpaired) electrons. The first kappa shape index (κ1) is 40.9. The zero-order chi connectivity index (χ0) is 38.5. The van der Waals surface area contributed by atoms with Crippen molar-refractivity contribution in [2.45, 2.75) is 116 Å². The molecule has 2 heterocycles. The molecule has 9 nitrogen and oxygen atoms in total. The molecule has 3 atom stereocenters. The first-order valence-corrected chi connectivity index (χ1v) is 22.3. The number of carbonyl (C=O) groups is 1. The van der Waals surface area contributed by atoms with Crippen LogP contribution in [0.5, 0.6) is 0 Å². The summed E-state index contributed by atoms with van der Waals surface area (Å²) in [6.07, 6.45) is 11.9. The van der Waals surface area contributed by atoms with Crippen molar-refractivity contribution < 1.29 is 31.3 Å². The van der Waals surface area contributed by atoms with E-state index in [1.54, 1.807) is 24.3 Å². The van der Waals surface area contributed by atoms with Crippen LogP contribution in [0.4, 0.5) is 10.1 Å². The highest BCUT2D eigenvalue weighted by Gasteiger charge is 2.46. The Hall–Kier alpha value is -2.70. The molecule has 6 rings (SSSR count). The lowest BCUT2D eigenvalue weighted by atomic mass is 10.0. The molecule has 0 spiro atoms. The summed E-state index contributed by atoms with van der Waals surface area (Å²) < 4.78 is 56.4. The molecule has 2 aromatic carbocycles. The molecule has 2 saturated carbocycles. The highest BCUT2D eigenvalue weighted by atomic mass is 35.5. The fourth-order valence-electron chi connectivity index (χ4n) is 8.16. The lowest BCUT2D eigenvalue weighted by Crippen LogP contribution is -2.44. The number of nitrogens with one attached hydrogen (secondary N) is 1. The molecule has 296 valence electrons. The molecule has 1 saturated heterocycles. The van der Waals surface area contributed by atoms with Crippen molar-refractivity contribution in [3.8, 4) is 11.3 Å². The van der Waals surface area contributed by atoms with Gasteiger partial charge in [-0.2, -0.15) is 0 Å². The van der Waals surface area contributed by atoms with Crippen molar-refractivity contribution in [3.05, 3.63) is 69.1 Å². The van der Waals surface area contributed by atoms with E-state index in [-0.39, 0.29) is 29.4 Å². The van der Waals surface area contributed by atoms with E-state index in [4.69, 9.17) is 32.5 Å². The van der Waals surface area contributed by atoms with E-state index < -0.39 is 21.7 Å². The Labute approximate surface area is 330 Å². The van der Waals surface area contributed by atoms with Crippen LogP contribution in [-0.4, -0.2) is 75.1 Å². The molecular weight excluding hydrogens is 750 g/mol. The Bertz CT molecular complexity index is 1850. The van der Waals surface area contributed by atoms with Gasteiger partial charge in [-0.1, -0.05) is 66.5 Å². The van der Waals surface area contributed by atoms with E-state index in [2.05, 4.69) is 30.8 Å². The summed E-state index contributed by atoms with van der Waals surface area (Å²) in [4.78, 5) is 14.9. The SMILES string of the molecule is CC[N+](C)(CC)CCCCCCCCCCS(=O)(=O)NC(=O)c1ccc(N2C[C@@H]3C[C@H]2C[C@H]3OCc2c(-c3c(Cl)cccc3Cl)noc2C2CC2)c(F)c1. The number of fused-ring (bicyclic) bond motifs is 2. The predicted octanol–water partition coefficient (Wildman–Crippen LogP) is 9.52. The summed E-state index contributed by atoms with van der Waals surface area (Å²) in [5.74, 6) is -0.132. The van der Waals surface area contributed by atoms with E-state index in [9.17, 15) is 13.2 Å². The minimum atomic E-state index is -3.82. The molecule has 0 unspecified atom stereocenters. The van der Waals surface area contributed by atoms with Gasteiger partial charge in [-0.15, -0.1) is 0 Å². The van der Waals surface area contributed by atoms with Crippen LogP contribution in [0.25, 0.3) is 11.3 Å². The molecule has 3 aromatic rings. The van der Waals surface area contributed by atoms with Crippen molar-refractivity contribution >= 4 is 44.8 Å². The van der Waals surface area contributed by atoms with Gasteiger partial charge in [0.15, 0.2) is 0 Å². The topological polar surface area (TPSA) is 102 Å². The molecule has 1 aliphatic heterocycles. The van der Waals surface area contributed by atoms with E-state index >= 15 is 4.39 Å². The van der Waals surface area contributed by atoms with Gasteiger partial charge in [0.1, 0.15) is 17.3 Å². The molecule has 13 heteroatoms. The van der Waals surface area contributed by atoms with Crippen molar-refractivity contribution in [3.63, 3.8) is 0 Å². The van der Waals surface area contributed by atoms with Crippen LogP contribution in [0.2, 0.25) is 10.0 Å². The van der Waals surface area contributed by atoms with Crippen LogP contribution in [-0.2, 0) is 21.4 Å². The summed E-state index contributed by atoms with van der Waals surface area (Å²) in [6.45, 7) is 8.99. The monoisotopic (exact) mass is 805 g/mol. The maximum absolute atomic E-state index is 15.5. The quantitative estimate of drug-likeness (QED) is 0.0846. The number of carbonyl (C=O) groups excluding carboxylic acids is 1. The Kier molecular flexibility index (Phi) is 13.7. The molecule has 1 amide bonds. The van der Waals surface area contributed by atoms with Gasteiger partial charge < -0.3 is 18.6 Å². The largest absolute Gasteiger partial charge is 0.373 e. The van der Waals surface area contributed by atoms with Crippen LogP contribution in [0.15, 0.2) is 40.9 Å². The summed E-state index contributed by atoms with van der Waals surface area (Å²) >= 11 is 13.1. The van der Waals surface area contributed by atoms with Gasteiger partial charge >= 0.3 is 0 Å². The maximum Gasteiger partial charge on any atom is 0.264 e. The maximum atomic E-state index is 15.5. The number of piperidine rings is 1. The molecule has 3 aliphatic rings. The Morgan fingerprint density at radius 3 is 2.28 bits per heavy atom. The third kappa shape index (κ3) is 9.99. The van der Waals surface area contributed by atoms with E-state index in [1.165, 1.54) is 45.0 Å². The molecular formula is C41H56Cl2FN4O5S+. The number of amides is 1. The van der Waals surface area contributed by atoms with E-state index in [0.29, 0.717) is 52.5 Å². The normalized spacial score (nSPS) is 19.9. The number of quaternary nitrogens is 1. The fraction of sp³-hybridized carbons (Fsp3) is 0.610. The Morgan fingerprint density at radius 1 is 1.00 bits per heavy atom. The standard InChI is InChI=1S/C41H55Cl2FN4O5S/c1-4-48(3,5-2)21-12-10-8-6-7-9-11-13-22-54(50,51)46-41(49)29-19-20-36(35(44)24-29)47-26-30-23-31(47)25-37(30)52-27-32-39(45-53-40(32)28-17-18-28)38-33(42)15-14-16-34(38)43/h14-16,19-20,24,28,30-31,37H,4-13,17-18,21-23,25-27H2,1-3H3/p+1/t30-,31-,37+/m0/s1. The summed E-state index contributed by atoms with van der Waals surface area (Å²) in [6, 6.07) is 9.66. The number of ether oxygens (including phenoxy) is 1. The van der Waals surface area contributed by atoms with Gasteiger partial charge in [-0.3, -0.25) is 4.79 Å². The predicted molar refractivity (Wildman–Crippen MR) is 213 cm³/mol. The number of hydrogen-bond acceptors (Lipinski definition) is 7. The first-order chi connectivity index (χ1) is 25.9. The van der Waals surface area contributed by atoms with Crippen molar-refractivity contribution in [2.75, 3.05) is 43.9 Å². The van der Waals surface area contributed by atoms with Crippen molar-refractivity contribution in [2.24, 2.45) is 5.92 Å². The average Bonchev–Trinajstić information content (AvgIpc) is 3.60. The second-order valence-corrected chi connectivity index (χ2v) is 18.5. The molecule has 54 heavy (non-hydrogen) atoms. The molecule has 2 aliphatic carbocycles.